The van der Waals surface area contributed by atoms with Crippen LogP contribution in [0.2, 0.25) is 0 Å². The first kappa shape index (κ1) is 17.6. The second-order valence-electron chi connectivity index (χ2n) is 6.77. The zero-order valence-electron chi connectivity index (χ0n) is 14.5. The number of hydrogen-bond acceptors (Lipinski definition) is 4. The fourth-order valence-corrected chi connectivity index (χ4v) is 5.01. The van der Waals surface area contributed by atoms with Gasteiger partial charge in [-0.15, -0.1) is 0 Å². The molecule has 134 valence electrons. The third-order valence-corrected chi connectivity index (χ3v) is 6.30. The Morgan fingerprint density at radius 3 is 2.50 bits per heavy atom. The van der Waals surface area contributed by atoms with Crippen molar-refractivity contribution in [3.8, 4) is 11.3 Å². The van der Waals surface area contributed by atoms with Gasteiger partial charge >= 0.3 is 0 Å². The van der Waals surface area contributed by atoms with Crippen molar-refractivity contribution in [2.75, 3.05) is 0 Å². The van der Waals surface area contributed by atoms with Crippen molar-refractivity contribution in [3.63, 3.8) is 0 Å². The molecule has 0 spiro atoms. The molecule has 1 aliphatic carbocycles. The molecular formula is C21H21NO2S2. The third-order valence-electron chi connectivity index (χ3n) is 4.97. The molecule has 0 N–H and O–H groups in total. The van der Waals surface area contributed by atoms with Crippen LogP contribution in [0.1, 0.15) is 44.3 Å². The van der Waals surface area contributed by atoms with Crippen LogP contribution in [0.4, 0.5) is 0 Å². The minimum absolute atomic E-state index is 0.0320. The van der Waals surface area contributed by atoms with Crippen LogP contribution >= 0.6 is 24.0 Å². The maximum atomic E-state index is 12.9. The van der Waals surface area contributed by atoms with E-state index in [0.29, 0.717) is 15.0 Å². The van der Waals surface area contributed by atoms with Crippen molar-refractivity contribution in [1.29, 1.82) is 0 Å². The lowest BCUT2D eigenvalue weighted by Gasteiger charge is -2.25. The van der Waals surface area contributed by atoms with Gasteiger partial charge in [0.1, 0.15) is 15.8 Å². The van der Waals surface area contributed by atoms with Crippen LogP contribution in [0.5, 0.6) is 0 Å². The molecule has 1 aliphatic heterocycles. The summed E-state index contributed by atoms with van der Waals surface area (Å²) in [6, 6.07) is 14.1. The van der Waals surface area contributed by atoms with E-state index in [4.69, 9.17) is 16.6 Å². The number of benzene rings is 1. The highest BCUT2D eigenvalue weighted by molar-refractivity contribution is 8.26. The van der Waals surface area contributed by atoms with E-state index >= 15 is 0 Å². The largest absolute Gasteiger partial charge is 0.457 e. The van der Waals surface area contributed by atoms with E-state index in [2.05, 4.69) is 0 Å². The van der Waals surface area contributed by atoms with Crippen molar-refractivity contribution in [2.24, 2.45) is 0 Å². The molecule has 1 aromatic heterocycles. The summed E-state index contributed by atoms with van der Waals surface area (Å²) in [5.74, 6) is 1.52. The highest BCUT2D eigenvalue weighted by atomic mass is 32.2. The van der Waals surface area contributed by atoms with Crippen LogP contribution in [0.25, 0.3) is 17.4 Å². The molecule has 3 nitrogen and oxygen atoms in total. The highest BCUT2D eigenvalue weighted by Crippen LogP contribution is 2.37. The SMILES string of the molecule is O=C1/C(=C\c2ccc(-c3ccccc3)o2)SC(=S)N1C1CCCCCC1. The van der Waals surface area contributed by atoms with Gasteiger partial charge in [-0.3, -0.25) is 9.69 Å². The molecular weight excluding hydrogens is 362 g/mol. The van der Waals surface area contributed by atoms with Gasteiger partial charge in [-0.05, 0) is 25.0 Å². The molecule has 4 rings (SSSR count). The minimum Gasteiger partial charge on any atom is -0.457 e. The highest BCUT2D eigenvalue weighted by Gasteiger charge is 2.37. The van der Waals surface area contributed by atoms with Crippen molar-refractivity contribution in [2.45, 2.75) is 44.6 Å². The predicted octanol–water partition coefficient (Wildman–Crippen LogP) is 5.87. The van der Waals surface area contributed by atoms with E-state index < -0.39 is 0 Å². The van der Waals surface area contributed by atoms with E-state index in [-0.39, 0.29) is 11.9 Å². The maximum absolute atomic E-state index is 12.9. The Balaban J connectivity index is 1.54. The molecule has 1 aromatic carbocycles. The van der Waals surface area contributed by atoms with Crippen LogP contribution < -0.4 is 0 Å². The second-order valence-corrected chi connectivity index (χ2v) is 8.44. The van der Waals surface area contributed by atoms with Crippen LogP contribution in [0, 0.1) is 0 Å². The first-order valence-electron chi connectivity index (χ1n) is 9.15. The van der Waals surface area contributed by atoms with Crippen LogP contribution in [0.3, 0.4) is 0 Å². The van der Waals surface area contributed by atoms with Crippen LogP contribution in [-0.2, 0) is 4.79 Å². The molecule has 1 amide bonds. The van der Waals surface area contributed by atoms with Crippen molar-refractivity contribution >= 4 is 40.3 Å². The molecule has 26 heavy (non-hydrogen) atoms. The Kier molecular flexibility index (Phi) is 5.27. The fraction of sp³-hybridized carbons (Fsp3) is 0.333. The number of carbonyl (C=O) groups excluding carboxylic acids is 1. The van der Waals surface area contributed by atoms with E-state index in [1.54, 1.807) is 0 Å². The van der Waals surface area contributed by atoms with Crippen LogP contribution in [0.15, 0.2) is 51.8 Å². The van der Waals surface area contributed by atoms with Gasteiger partial charge in [-0.2, -0.15) is 0 Å². The normalized spacial score (nSPS) is 20.8. The number of carbonyl (C=O) groups is 1. The summed E-state index contributed by atoms with van der Waals surface area (Å²) in [6.07, 6.45) is 8.81. The molecule has 1 saturated heterocycles. The summed E-state index contributed by atoms with van der Waals surface area (Å²) < 4.78 is 6.60. The number of thioether (sulfide) groups is 1. The Morgan fingerprint density at radius 2 is 1.77 bits per heavy atom. The average molecular weight is 384 g/mol. The summed E-state index contributed by atoms with van der Waals surface area (Å²) in [5.41, 5.74) is 1.03. The molecule has 0 atom stereocenters. The van der Waals surface area contributed by atoms with Gasteiger partial charge in [0.15, 0.2) is 0 Å². The van der Waals surface area contributed by atoms with E-state index in [1.165, 1.54) is 37.4 Å². The molecule has 0 radical (unpaired) electrons. The number of thiocarbonyl (C=S) groups is 1. The summed E-state index contributed by atoms with van der Waals surface area (Å²) >= 11 is 6.91. The van der Waals surface area contributed by atoms with Gasteiger partial charge in [0.05, 0.1) is 4.91 Å². The molecule has 2 fully saturated rings. The first-order valence-corrected chi connectivity index (χ1v) is 10.4. The fourth-order valence-electron chi connectivity index (χ4n) is 3.63. The second kappa shape index (κ2) is 7.80. The molecule has 0 bridgehead atoms. The minimum atomic E-state index is 0.0320. The van der Waals surface area contributed by atoms with Gasteiger partial charge in [0, 0.05) is 17.7 Å². The van der Waals surface area contributed by atoms with Gasteiger partial charge in [-0.1, -0.05) is 80.0 Å². The molecule has 2 aromatic rings. The Hall–Kier alpha value is -1.85. The number of nitrogens with zero attached hydrogens (tertiary/aromatic N) is 1. The molecule has 2 aliphatic rings. The Bertz CT molecular complexity index is 833. The van der Waals surface area contributed by atoms with E-state index in [9.17, 15) is 4.79 Å². The number of furan rings is 1. The van der Waals surface area contributed by atoms with Crippen molar-refractivity contribution < 1.29 is 9.21 Å². The standard InChI is InChI=1S/C21H21NO2S2/c23-20-19(26-21(25)22(20)16-10-6-1-2-7-11-16)14-17-12-13-18(24-17)15-8-4-3-5-9-15/h3-5,8-9,12-14,16H,1-2,6-7,10-11H2/b19-14+. The zero-order chi connectivity index (χ0) is 17.9. The first-order chi connectivity index (χ1) is 12.7. The van der Waals surface area contributed by atoms with Gasteiger partial charge in [0.2, 0.25) is 0 Å². The lowest BCUT2D eigenvalue weighted by atomic mass is 10.1. The zero-order valence-corrected chi connectivity index (χ0v) is 16.2. The van der Waals surface area contributed by atoms with E-state index in [0.717, 1.165) is 24.2 Å². The van der Waals surface area contributed by atoms with Crippen molar-refractivity contribution in [3.05, 3.63) is 53.1 Å². The lowest BCUT2D eigenvalue weighted by molar-refractivity contribution is -0.123. The van der Waals surface area contributed by atoms with Gasteiger partial charge in [-0.25, -0.2) is 0 Å². The summed E-state index contributed by atoms with van der Waals surface area (Å²) in [7, 11) is 0. The predicted molar refractivity (Wildman–Crippen MR) is 111 cm³/mol. The summed E-state index contributed by atoms with van der Waals surface area (Å²) in [6.45, 7) is 0. The smallest absolute Gasteiger partial charge is 0.266 e. The lowest BCUT2D eigenvalue weighted by Crippen LogP contribution is -2.38. The summed E-state index contributed by atoms with van der Waals surface area (Å²) in [5, 5.41) is 0. The average Bonchev–Trinajstić information content (AvgIpc) is 3.11. The molecule has 1 saturated carbocycles. The van der Waals surface area contributed by atoms with Crippen molar-refractivity contribution in [1.82, 2.24) is 4.90 Å². The number of amides is 1. The monoisotopic (exact) mass is 383 g/mol. The molecule has 5 heteroatoms. The summed E-state index contributed by atoms with van der Waals surface area (Å²) in [4.78, 5) is 15.4. The van der Waals surface area contributed by atoms with Crippen LogP contribution in [-0.4, -0.2) is 21.2 Å². The maximum Gasteiger partial charge on any atom is 0.266 e. The molecule has 2 heterocycles. The molecule has 0 unspecified atom stereocenters. The number of hydrogen-bond donors (Lipinski definition) is 0. The Labute approximate surface area is 163 Å². The quantitative estimate of drug-likeness (QED) is 0.377. The topological polar surface area (TPSA) is 33.5 Å². The van der Waals surface area contributed by atoms with E-state index in [1.807, 2.05) is 53.4 Å². The third kappa shape index (κ3) is 3.64. The van der Waals surface area contributed by atoms with Gasteiger partial charge in [0.25, 0.3) is 5.91 Å². The Morgan fingerprint density at radius 1 is 1.04 bits per heavy atom. The number of rotatable bonds is 3. The van der Waals surface area contributed by atoms with Gasteiger partial charge < -0.3 is 4.42 Å².